The van der Waals surface area contributed by atoms with E-state index in [9.17, 15) is 0 Å². The molecule has 0 saturated heterocycles. The molecule has 0 N–H and O–H groups in total. The summed E-state index contributed by atoms with van der Waals surface area (Å²) in [7, 11) is 0. The van der Waals surface area contributed by atoms with Gasteiger partial charge in [-0.2, -0.15) is 0 Å². The number of benzene rings is 2. The molecule has 0 aliphatic rings. The van der Waals surface area contributed by atoms with Gasteiger partial charge in [-0.1, -0.05) is 91.0 Å². The van der Waals surface area contributed by atoms with E-state index in [4.69, 9.17) is 0 Å². The molecule has 0 aliphatic heterocycles. The van der Waals surface area contributed by atoms with Crippen LogP contribution in [0.4, 0.5) is 0 Å². The van der Waals surface area contributed by atoms with Crippen LogP contribution in [-0.4, -0.2) is 0 Å². The quantitative estimate of drug-likeness (QED) is 0.529. The van der Waals surface area contributed by atoms with Gasteiger partial charge < -0.3 is 0 Å². The molecule has 0 unspecified atom stereocenters. The Kier molecular flexibility index (Phi) is 5.85. The lowest BCUT2D eigenvalue weighted by Gasteiger charge is -2.31. The van der Waals surface area contributed by atoms with Gasteiger partial charge in [0.25, 0.3) is 0 Å². The summed E-state index contributed by atoms with van der Waals surface area (Å²) < 4.78 is 0. The molecule has 0 fully saturated rings. The van der Waals surface area contributed by atoms with Gasteiger partial charge in [0.05, 0.1) is 0 Å². The van der Waals surface area contributed by atoms with Crippen LogP contribution in [0.3, 0.4) is 0 Å². The van der Waals surface area contributed by atoms with Crippen LogP contribution >= 0.6 is 0 Å². The molecule has 0 amide bonds. The third-order valence-corrected chi connectivity index (χ3v) is 5.17. The highest BCUT2D eigenvalue weighted by molar-refractivity contribution is 5.70. The molecule has 0 spiro atoms. The van der Waals surface area contributed by atoms with Gasteiger partial charge in [0.15, 0.2) is 0 Å². The average molecular weight is 349 g/mol. The molecule has 2 aromatic carbocycles. The molecule has 0 heteroatoms. The van der Waals surface area contributed by atoms with Gasteiger partial charge in [0.2, 0.25) is 0 Å². The van der Waals surface area contributed by atoms with Crippen LogP contribution in [0, 0.1) is 6.92 Å². The van der Waals surface area contributed by atoms with Crippen LogP contribution in [0.5, 0.6) is 0 Å². The van der Waals surface area contributed by atoms with Crippen molar-refractivity contribution < 1.29 is 0 Å². The summed E-state index contributed by atoms with van der Waals surface area (Å²) in [5.74, 6) is 0. The van der Waals surface area contributed by atoms with Crippen molar-refractivity contribution in [1.82, 2.24) is 0 Å². The van der Waals surface area contributed by atoms with E-state index < -0.39 is 0 Å². The van der Waals surface area contributed by atoms with Gasteiger partial charge in [-0.3, -0.25) is 0 Å². The lowest BCUT2D eigenvalue weighted by Crippen LogP contribution is -2.21. The molecular formula is C26H36. The Hall–Kier alpha value is -1.82. The lowest BCUT2D eigenvalue weighted by molar-refractivity contribution is 0.557. The highest BCUT2D eigenvalue weighted by Gasteiger charge is 2.25. The summed E-state index contributed by atoms with van der Waals surface area (Å²) in [6, 6.07) is 11.7. The van der Waals surface area contributed by atoms with Gasteiger partial charge >= 0.3 is 0 Å². The van der Waals surface area contributed by atoms with Crippen LogP contribution in [-0.2, 0) is 17.3 Å². The Morgan fingerprint density at radius 2 is 1.35 bits per heavy atom. The molecule has 0 saturated carbocycles. The summed E-state index contributed by atoms with van der Waals surface area (Å²) in [6.07, 6.45) is 5.37. The smallest absolute Gasteiger partial charge is 0.0129 e. The summed E-state index contributed by atoms with van der Waals surface area (Å²) >= 11 is 0. The van der Waals surface area contributed by atoms with Crippen molar-refractivity contribution in [3.63, 3.8) is 0 Å². The topological polar surface area (TPSA) is 0 Å². The predicted molar refractivity (Wildman–Crippen MR) is 118 cm³/mol. The molecule has 140 valence electrons. The fourth-order valence-corrected chi connectivity index (χ4v) is 3.78. The Morgan fingerprint density at radius 1 is 0.808 bits per heavy atom. The minimum absolute atomic E-state index is 0.140. The third kappa shape index (κ3) is 4.29. The van der Waals surface area contributed by atoms with Crippen LogP contribution in [0.15, 0.2) is 36.4 Å². The number of allylic oxidation sites excluding steroid dienone is 1. The first kappa shape index (κ1) is 20.5. The zero-order valence-electron chi connectivity index (χ0n) is 18.2. The summed E-state index contributed by atoms with van der Waals surface area (Å²) in [6.45, 7) is 20.6. The second kappa shape index (κ2) is 7.43. The first-order chi connectivity index (χ1) is 12.0. The second-order valence-corrected chi connectivity index (χ2v) is 9.47. The third-order valence-electron chi connectivity index (χ3n) is 5.17. The molecule has 0 nitrogen and oxygen atoms in total. The molecular weight excluding hydrogens is 312 g/mol. The van der Waals surface area contributed by atoms with Crippen LogP contribution in [0.2, 0.25) is 0 Å². The van der Waals surface area contributed by atoms with Gasteiger partial charge in [0.1, 0.15) is 0 Å². The molecule has 0 atom stereocenters. The van der Waals surface area contributed by atoms with E-state index in [1.54, 1.807) is 0 Å². The maximum Gasteiger partial charge on any atom is -0.0129 e. The molecule has 0 heterocycles. The first-order valence-corrected chi connectivity index (χ1v) is 9.90. The van der Waals surface area contributed by atoms with Crippen molar-refractivity contribution in [3.05, 3.63) is 64.2 Å². The van der Waals surface area contributed by atoms with E-state index in [2.05, 4.69) is 105 Å². The van der Waals surface area contributed by atoms with Crippen molar-refractivity contribution in [2.75, 3.05) is 0 Å². The highest BCUT2D eigenvalue weighted by Crippen LogP contribution is 2.38. The SMILES string of the molecule is C/C=C/c1ccc(-c2cc(C(C)(C)C)c(CC)c(C(C)(C)C)c2)cc1C. The minimum atomic E-state index is 0.140. The molecule has 0 aromatic heterocycles. The fourth-order valence-electron chi connectivity index (χ4n) is 3.78. The molecule has 26 heavy (non-hydrogen) atoms. The maximum atomic E-state index is 2.43. The van der Waals surface area contributed by atoms with Crippen LogP contribution < -0.4 is 0 Å². The fraction of sp³-hybridized carbons (Fsp3) is 0.462. The van der Waals surface area contributed by atoms with E-state index in [0.29, 0.717) is 0 Å². The first-order valence-electron chi connectivity index (χ1n) is 9.90. The number of hydrogen-bond acceptors (Lipinski definition) is 0. The standard InChI is InChI=1S/C26H36/c1-10-12-19-13-14-20(15-18(19)3)21-16-23(25(4,5)6)22(11-2)24(17-21)26(7,8)9/h10,12-17H,11H2,1-9H3/b12-10+. The summed E-state index contributed by atoms with van der Waals surface area (Å²) in [4.78, 5) is 0. The van der Waals surface area contributed by atoms with Gasteiger partial charge in [0, 0.05) is 0 Å². The molecule has 0 radical (unpaired) electrons. The number of hydrogen-bond donors (Lipinski definition) is 0. The number of aryl methyl sites for hydroxylation is 1. The monoisotopic (exact) mass is 348 g/mol. The van der Waals surface area contributed by atoms with E-state index in [1.807, 2.05) is 0 Å². The van der Waals surface area contributed by atoms with Crippen LogP contribution in [0.25, 0.3) is 17.2 Å². The zero-order valence-corrected chi connectivity index (χ0v) is 18.2. The predicted octanol–water partition coefficient (Wildman–Crippen LogP) is 7.85. The average Bonchev–Trinajstić information content (AvgIpc) is 2.54. The molecule has 0 bridgehead atoms. The summed E-state index contributed by atoms with van der Waals surface area (Å²) in [5.41, 5.74) is 10.1. The molecule has 0 aliphatic carbocycles. The van der Waals surface area contributed by atoms with Crippen molar-refractivity contribution in [2.24, 2.45) is 0 Å². The van der Waals surface area contributed by atoms with E-state index in [1.165, 1.54) is 38.9 Å². The normalized spacial score (nSPS) is 12.8. The van der Waals surface area contributed by atoms with Gasteiger partial charge in [-0.15, -0.1) is 0 Å². The Labute approximate surface area is 161 Å². The molecule has 2 aromatic rings. The van der Waals surface area contributed by atoms with Crippen molar-refractivity contribution in [3.8, 4) is 11.1 Å². The maximum absolute atomic E-state index is 2.43. The Balaban J connectivity index is 2.76. The van der Waals surface area contributed by atoms with Crippen molar-refractivity contribution >= 4 is 6.08 Å². The summed E-state index contributed by atoms with van der Waals surface area (Å²) in [5, 5.41) is 0. The van der Waals surface area contributed by atoms with E-state index >= 15 is 0 Å². The van der Waals surface area contributed by atoms with Crippen molar-refractivity contribution in [2.45, 2.75) is 79.6 Å². The second-order valence-electron chi connectivity index (χ2n) is 9.47. The Morgan fingerprint density at radius 3 is 1.73 bits per heavy atom. The highest BCUT2D eigenvalue weighted by atomic mass is 14.3. The largest absolute Gasteiger partial charge is 0.0871 e. The van der Waals surface area contributed by atoms with Crippen LogP contribution in [0.1, 0.15) is 83.2 Å². The zero-order chi connectivity index (χ0) is 19.7. The minimum Gasteiger partial charge on any atom is -0.0871 e. The number of rotatable bonds is 3. The van der Waals surface area contributed by atoms with Gasteiger partial charge in [-0.25, -0.2) is 0 Å². The van der Waals surface area contributed by atoms with E-state index in [-0.39, 0.29) is 10.8 Å². The van der Waals surface area contributed by atoms with Gasteiger partial charge in [-0.05, 0) is 70.0 Å². The lowest BCUT2D eigenvalue weighted by atomic mass is 9.74. The molecule has 2 rings (SSSR count). The van der Waals surface area contributed by atoms with E-state index in [0.717, 1.165) is 6.42 Å². The van der Waals surface area contributed by atoms with Crippen molar-refractivity contribution in [1.29, 1.82) is 0 Å². The Bertz CT molecular complexity index is 770.